The minimum Gasteiger partial charge on any atom is -0.461 e. The van der Waals surface area contributed by atoms with Crippen LogP contribution in [0, 0.1) is 5.41 Å². The number of alkyl halides is 1. The minimum atomic E-state index is -0.377. The molecule has 0 heterocycles. The Morgan fingerprint density at radius 1 is 1.47 bits per heavy atom. The van der Waals surface area contributed by atoms with Crippen molar-refractivity contribution < 1.29 is 14.3 Å². The van der Waals surface area contributed by atoms with E-state index in [0.717, 1.165) is 17.6 Å². The predicted octanol–water partition coefficient (Wildman–Crippen LogP) is 3.42. The first-order chi connectivity index (χ1) is 8.76. The number of esters is 1. The van der Waals surface area contributed by atoms with Crippen molar-refractivity contribution in [1.82, 2.24) is 0 Å². The van der Waals surface area contributed by atoms with Crippen LogP contribution >= 0.6 is 11.6 Å². The van der Waals surface area contributed by atoms with Crippen molar-refractivity contribution in [1.29, 1.82) is 0 Å². The Hall–Kier alpha value is -1.09. The molecule has 0 aromatic heterocycles. The quantitative estimate of drug-likeness (QED) is 0.451. The van der Waals surface area contributed by atoms with Gasteiger partial charge in [0.25, 0.3) is 0 Å². The molecular formula is C15H21ClO3. The fraction of sp³-hybridized carbons (Fsp3) is 0.600. The fourth-order valence-corrected chi connectivity index (χ4v) is 2.71. The number of ketones is 1. The van der Waals surface area contributed by atoms with Gasteiger partial charge in [0.05, 0.1) is 0 Å². The highest BCUT2D eigenvalue weighted by Gasteiger charge is 2.34. The Kier molecular flexibility index (Phi) is 5.36. The molecule has 0 bridgehead atoms. The van der Waals surface area contributed by atoms with Crippen LogP contribution in [0.25, 0.3) is 0 Å². The zero-order valence-corrected chi connectivity index (χ0v) is 12.7. The topological polar surface area (TPSA) is 43.4 Å². The summed E-state index contributed by atoms with van der Waals surface area (Å²) in [6.45, 7) is 7.74. The van der Waals surface area contributed by atoms with Crippen molar-refractivity contribution >= 4 is 23.4 Å². The molecule has 4 heteroatoms. The van der Waals surface area contributed by atoms with Gasteiger partial charge in [0.1, 0.15) is 12.0 Å². The Labute approximate surface area is 119 Å². The first kappa shape index (κ1) is 16.0. The van der Waals surface area contributed by atoms with E-state index >= 15 is 0 Å². The van der Waals surface area contributed by atoms with E-state index in [1.807, 2.05) is 13.0 Å². The number of rotatable bonds is 4. The number of hydrogen-bond donors (Lipinski definition) is 0. The summed E-state index contributed by atoms with van der Waals surface area (Å²) in [5.41, 5.74) is 2.19. The van der Waals surface area contributed by atoms with Crippen LogP contribution in [0.15, 0.2) is 23.3 Å². The molecule has 1 aliphatic carbocycles. The molecule has 0 aromatic rings. The molecule has 0 aliphatic heterocycles. The maximum Gasteiger partial charge on any atom is 0.321 e. The van der Waals surface area contributed by atoms with Crippen molar-refractivity contribution in [2.75, 3.05) is 5.88 Å². The molecule has 0 unspecified atom stereocenters. The van der Waals surface area contributed by atoms with E-state index in [9.17, 15) is 9.59 Å². The average Bonchev–Trinajstić information content (AvgIpc) is 2.26. The first-order valence-corrected chi connectivity index (χ1v) is 6.94. The summed E-state index contributed by atoms with van der Waals surface area (Å²) in [4.78, 5) is 22.3. The van der Waals surface area contributed by atoms with E-state index in [0.29, 0.717) is 6.42 Å². The van der Waals surface area contributed by atoms with Gasteiger partial charge in [-0.1, -0.05) is 25.5 Å². The molecule has 0 aromatic carbocycles. The highest BCUT2D eigenvalue weighted by molar-refractivity contribution is 6.26. The molecule has 1 aliphatic rings. The number of carbonyl (C=O) groups excluding carboxylic acids is 2. The molecule has 0 saturated carbocycles. The van der Waals surface area contributed by atoms with Crippen molar-refractivity contribution in [3.63, 3.8) is 0 Å². The molecular weight excluding hydrogens is 264 g/mol. The lowest BCUT2D eigenvalue weighted by molar-refractivity contribution is -0.147. The molecule has 1 atom stereocenters. The van der Waals surface area contributed by atoms with Crippen LogP contribution in [-0.2, 0) is 14.3 Å². The van der Waals surface area contributed by atoms with Crippen molar-refractivity contribution in [3.05, 3.63) is 23.3 Å². The second kappa shape index (κ2) is 6.38. The average molecular weight is 285 g/mol. The smallest absolute Gasteiger partial charge is 0.321 e. The van der Waals surface area contributed by atoms with Crippen LogP contribution in [0.2, 0.25) is 0 Å². The fourth-order valence-electron chi connectivity index (χ4n) is 2.65. The van der Waals surface area contributed by atoms with Gasteiger partial charge in [-0.2, -0.15) is 0 Å². The van der Waals surface area contributed by atoms with E-state index in [-0.39, 0.29) is 29.2 Å². The number of allylic oxidation sites excluding steroid dienone is 3. The molecule has 3 nitrogen and oxygen atoms in total. The summed E-state index contributed by atoms with van der Waals surface area (Å²) < 4.78 is 5.32. The monoisotopic (exact) mass is 284 g/mol. The molecule has 19 heavy (non-hydrogen) atoms. The zero-order chi connectivity index (χ0) is 14.6. The van der Waals surface area contributed by atoms with E-state index in [1.165, 1.54) is 6.92 Å². The van der Waals surface area contributed by atoms with E-state index in [2.05, 4.69) is 13.8 Å². The summed E-state index contributed by atoms with van der Waals surface area (Å²) in [6.07, 6.45) is 4.78. The highest BCUT2D eigenvalue weighted by Crippen LogP contribution is 2.41. The second-order valence-corrected chi connectivity index (χ2v) is 5.94. The summed E-state index contributed by atoms with van der Waals surface area (Å²) >= 11 is 5.46. The van der Waals surface area contributed by atoms with Gasteiger partial charge in [-0.05, 0) is 37.3 Å². The molecule has 0 radical (unpaired) electrons. The third-order valence-corrected chi connectivity index (χ3v) is 3.57. The number of ether oxygens (including phenoxy) is 1. The van der Waals surface area contributed by atoms with Gasteiger partial charge in [0, 0.05) is 6.42 Å². The van der Waals surface area contributed by atoms with Crippen LogP contribution in [0.4, 0.5) is 0 Å². The predicted molar refractivity (Wildman–Crippen MR) is 76.1 cm³/mol. The second-order valence-electron chi connectivity index (χ2n) is 5.68. The standard InChI is InChI=1S/C15H21ClO3/c1-10-7-12(19-14(18)9-16)8-15(3,4)13(10)6-5-11(2)17/h5-6,12H,7-9H2,1-4H3/b6-5+/t12-/m0/s1. The van der Waals surface area contributed by atoms with Crippen LogP contribution in [-0.4, -0.2) is 23.7 Å². The maximum atomic E-state index is 11.3. The van der Waals surface area contributed by atoms with Gasteiger partial charge >= 0.3 is 5.97 Å². The maximum absolute atomic E-state index is 11.3. The highest BCUT2D eigenvalue weighted by atomic mass is 35.5. The molecule has 0 amide bonds. The van der Waals surface area contributed by atoms with E-state index in [4.69, 9.17) is 16.3 Å². The Bertz CT molecular complexity index is 433. The first-order valence-electron chi connectivity index (χ1n) is 6.40. The summed E-state index contributed by atoms with van der Waals surface area (Å²) in [5, 5.41) is 0. The summed E-state index contributed by atoms with van der Waals surface area (Å²) in [7, 11) is 0. The lowest BCUT2D eigenvalue weighted by Gasteiger charge is -2.37. The molecule has 106 valence electrons. The third kappa shape index (κ3) is 4.50. The van der Waals surface area contributed by atoms with Gasteiger partial charge in [-0.15, -0.1) is 11.6 Å². The van der Waals surface area contributed by atoms with Gasteiger partial charge in [-0.25, -0.2) is 0 Å². The number of halogens is 1. The van der Waals surface area contributed by atoms with Crippen LogP contribution in [0.5, 0.6) is 0 Å². The lowest BCUT2D eigenvalue weighted by Crippen LogP contribution is -2.32. The number of hydrogen-bond acceptors (Lipinski definition) is 3. The van der Waals surface area contributed by atoms with Gasteiger partial charge in [0.2, 0.25) is 0 Å². The SMILES string of the molecule is CC(=O)/C=C/C1=C(C)C[C@H](OC(=O)CCl)CC1(C)C. The zero-order valence-electron chi connectivity index (χ0n) is 12.0. The summed E-state index contributed by atoms with van der Waals surface area (Å²) in [6, 6.07) is 0. The summed E-state index contributed by atoms with van der Waals surface area (Å²) in [5.74, 6) is -0.457. The largest absolute Gasteiger partial charge is 0.461 e. The van der Waals surface area contributed by atoms with Crippen LogP contribution in [0.3, 0.4) is 0 Å². The van der Waals surface area contributed by atoms with Gasteiger partial charge in [-0.3, -0.25) is 9.59 Å². The lowest BCUT2D eigenvalue weighted by atomic mass is 9.71. The van der Waals surface area contributed by atoms with Gasteiger partial charge in [0.15, 0.2) is 5.78 Å². The van der Waals surface area contributed by atoms with Gasteiger partial charge < -0.3 is 4.74 Å². The Morgan fingerprint density at radius 3 is 2.58 bits per heavy atom. The van der Waals surface area contributed by atoms with E-state index in [1.54, 1.807) is 6.08 Å². The molecule has 0 saturated heterocycles. The van der Waals surface area contributed by atoms with Crippen molar-refractivity contribution in [3.8, 4) is 0 Å². The van der Waals surface area contributed by atoms with Crippen molar-refractivity contribution in [2.24, 2.45) is 5.41 Å². The number of carbonyl (C=O) groups is 2. The third-order valence-electron chi connectivity index (χ3n) is 3.35. The Balaban J connectivity index is 2.91. The van der Waals surface area contributed by atoms with E-state index < -0.39 is 0 Å². The normalized spacial score (nSPS) is 22.7. The molecule has 0 N–H and O–H groups in total. The molecule has 0 spiro atoms. The van der Waals surface area contributed by atoms with Crippen LogP contribution in [0.1, 0.15) is 40.5 Å². The molecule has 0 fully saturated rings. The van der Waals surface area contributed by atoms with Crippen LogP contribution < -0.4 is 0 Å². The van der Waals surface area contributed by atoms with Crippen molar-refractivity contribution in [2.45, 2.75) is 46.6 Å². The molecule has 1 rings (SSSR count). The minimum absolute atomic E-state index is 0.0341. The Morgan fingerprint density at radius 2 is 2.11 bits per heavy atom.